The molecule has 1 aliphatic rings. The van der Waals surface area contributed by atoms with Crippen molar-refractivity contribution in [1.29, 1.82) is 0 Å². The molecular formula is C19H18BrN5O2S. The summed E-state index contributed by atoms with van der Waals surface area (Å²) >= 11 is 4.90. The Morgan fingerprint density at radius 1 is 1.21 bits per heavy atom. The number of anilines is 1. The molecule has 1 aromatic carbocycles. The van der Waals surface area contributed by atoms with Gasteiger partial charge in [0.15, 0.2) is 0 Å². The number of likely N-dealkylation sites (tertiary alicyclic amines) is 1. The number of thiophene rings is 1. The van der Waals surface area contributed by atoms with Gasteiger partial charge in [0.05, 0.1) is 16.3 Å². The van der Waals surface area contributed by atoms with Gasteiger partial charge in [0.1, 0.15) is 12.7 Å². The van der Waals surface area contributed by atoms with Crippen LogP contribution in [0, 0.1) is 5.92 Å². The molecule has 0 saturated carbocycles. The van der Waals surface area contributed by atoms with Crippen LogP contribution in [0.25, 0.3) is 5.69 Å². The highest BCUT2D eigenvalue weighted by atomic mass is 79.9. The number of carbonyl (C=O) groups is 2. The maximum Gasteiger partial charge on any atom is 0.263 e. The summed E-state index contributed by atoms with van der Waals surface area (Å²) in [7, 11) is 0. The largest absolute Gasteiger partial charge is 0.338 e. The molecule has 0 radical (unpaired) electrons. The van der Waals surface area contributed by atoms with E-state index in [1.54, 1.807) is 11.0 Å². The Kier molecular flexibility index (Phi) is 5.54. The number of carbonyl (C=O) groups excluding carboxylic acids is 2. The highest BCUT2D eigenvalue weighted by Crippen LogP contribution is 2.27. The number of hydrogen-bond acceptors (Lipinski definition) is 5. The first kappa shape index (κ1) is 18.8. The summed E-state index contributed by atoms with van der Waals surface area (Å²) in [6, 6.07) is 9.33. The van der Waals surface area contributed by atoms with E-state index in [-0.39, 0.29) is 17.7 Å². The minimum absolute atomic E-state index is 0.0392. The molecule has 28 heavy (non-hydrogen) atoms. The molecule has 1 fully saturated rings. The predicted molar refractivity (Wildman–Crippen MR) is 111 cm³/mol. The fourth-order valence-corrected chi connectivity index (χ4v) is 4.33. The minimum Gasteiger partial charge on any atom is -0.338 e. The maximum atomic E-state index is 12.8. The van der Waals surface area contributed by atoms with Crippen LogP contribution in [0.15, 0.2) is 52.8 Å². The lowest BCUT2D eigenvalue weighted by Gasteiger charge is -2.31. The van der Waals surface area contributed by atoms with E-state index in [1.165, 1.54) is 17.7 Å². The Balaban J connectivity index is 1.42. The van der Waals surface area contributed by atoms with Crippen LogP contribution in [0.2, 0.25) is 0 Å². The fourth-order valence-electron chi connectivity index (χ4n) is 3.28. The molecule has 1 aliphatic heterocycles. The normalized spacial score (nSPS) is 14.8. The van der Waals surface area contributed by atoms with Gasteiger partial charge in [0.25, 0.3) is 5.91 Å². The van der Waals surface area contributed by atoms with E-state index in [2.05, 4.69) is 31.3 Å². The highest BCUT2D eigenvalue weighted by Gasteiger charge is 2.28. The second kappa shape index (κ2) is 8.24. The smallest absolute Gasteiger partial charge is 0.263 e. The third-order valence-corrected chi connectivity index (χ3v) is 6.12. The number of hydrogen-bond donors (Lipinski definition) is 1. The number of nitrogens with zero attached hydrogens (tertiary/aromatic N) is 4. The van der Waals surface area contributed by atoms with Gasteiger partial charge in [-0.15, -0.1) is 11.3 Å². The molecule has 2 aromatic heterocycles. The molecule has 2 amide bonds. The molecule has 0 atom stereocenters. The maximum absolute atomic E-state index is 12.8. The van der Waals surface area contributed by atoms with Crippen LogP contribution in [0.1, 0.15) is 22.5 Å². The van der Waals surface area contributed by atoms with Crippen molar-refractivity contribution in [2.45, 2.75) is 12.8 Å². The van der Waals surface area contributed by atoms with E-state index in [4.69, 9.17) is 0 Å². The van der Waals surface area contributed by atoms with Crippen LogP contribution in [-0.2, 0) is 4.79 Å². The van der Waals surface area contributed by atoms with E-state index < -0.39 is 0 Å². The number of benzene rings is 1. The third-order valence-electron chi connectivity index (χ3n) is 4.77. The summed E-state index contributed by atoms with van der Waals surface area (Å²) < 4.78 is 2.48. The number of piperidine rings is 1. The molecule has 144 valence electrons. The van der Waals surface area contributed by atoms with Gasteiger partial charge in [-0.05, 0) is 42.5 Å². The summed E-state index contributed by atoms with van der Waals surface area (Å²) in [6.45, 7) is 1.17. The summed E-state index contributed by atoms with van der Waals surface area (Å²) in [6.07, 6.45) is 4.34. The van der Waals surface area contributed by atoms with Crippen molar-refractivity contribution < 1.29 is 9.59 Å². The van der Waals surface area contributed by atoms with Crippen molar-refractivity contribution in [3.05, 3.63) is 57.7 Å². The number of nitrogens with one attached hydrogen (secondary N) is 1. The van der Waals surface area contributed by atoms with E-state index >= 15 is 0 Å². The van der Waals surface area contributed by atoms with Gasteiger partial charge in [-0.3, -0.25) is 9.59 Å². The molecular weight excluding hydrogens is 442 g/mol. The molecule has 3 heterocycles. The van der Waals surface area contributed by atoms with Crippen LogP contribution < -0.4 is 5.32 Å². The van der Waals surface area contributed by atoms with Crippen molar-refractivity contribution in [3.63, 3.8) is 0 Å². The lowest BCUT2D eigenvalue weighted by atomic mass is 9.95. The zero-order valence-corrected chi connectivity index (χ0v) is 17.3. The molecule has 7 nitrogen and oxygen atoms in total. The number of rotatable bonds is 4. The third kappa shape index (κ3) is 4.00. The second-order valence-electron chi connectivity index (χ2n) is 6.53. The first-order valence-electron chi connectivity index (χ1n) is 8.90. The lowest BCUT2D eigenvalue weighted by molar-refractivity contribution is -0.121. The lowest BCUT2D eigenvalue weighted by Crippen LogP contribution is -2.41. The zero-order valence-electron chi connectivity index (χ0n) is 14.9. The molecule has 0 unspecified atom stereocenters. The van der Waals surface area contributed by atoms with Gasteiger partial charge in [-0.1, -0.05) is 22.0 Å². The van der Waals surface area contributed by atoms with Crippen LogP contribution in [0.5, 0.6) is 0 Å². The first-order chi connectivity index (χ1) is 13.6. The molecule has 9 heteroatoms. The monoisotopic (exact) mass is 459 g/mol. The highest BCUT2D eigenvalue weighted by molar-refractivity contribution is 9.10. The van der Waals surface area contributed by atoms with Gasteiger partial charge >= 0.3 is 0 Å². The fraction of sp³-hybridized carbons (Fsp3) is 0.263. The molecule has 0 bridgehead atoms. The molecule has 0 spiro atoms. The summed E-state index contributed by atoms with van der Waals surface area (Å²) in [5.41, 5.74) is 1.42. The Hall–Kier alpha value is -2.52. The Labute approximate surface area is 174 Å². The van der Waals surface area contributed by atoms with Crippen molar-refractivity contribution in [2.24, 2.45) is 5.92 Å². The van der Waals surface area contributed by atoms with Crippen LogP contribution >= 0.6 is 27.3 Å². The Bertz CT molecular complexity index is 966. The molecule has 0 aliphatic carbocycles. The summed E-state index contributed by atoms with van der Waals surface area (Å²) in [5, 5.41) is 9.07. The van der Waals surface area contributed by atoms with Crippen molar-refractivity contribution >= 4 is 44.8 Å². The van der Waals surface area contributed by atoms with Gasteiger partial charge in [0.2, 0.25) is 5.91 Å². The van der Waals surface area contributed by atoms with E-state index in [1.807, 2.05) is 40.6 Å². The van der Waals surface area contributed by atoms with Gasteiger partial charge in [-0.2, -0.15) is 5.10 Å². The van der Waals surface area contributed by atoms with Gasteiger partial charge < -0.3 is 10.2 Å². The van der Waals surface area contributed by atoms with E-state index in [0.29, 0.717) is 31.6 Å². The first-order valence-corrected chi connectivity index (χ1v) is 10.6. The van der Waals surface area contributed by atoms with E-state index in [0.717, 1.165) is 15.0 Å². The van der Waals surface area contributed by atoms with Crippen molar-refractivity contribution in [2.75, 3.05) is 18.4 Å². The number of aromatic nitrogens is 3. The van der Waals surface area contributed by atoms with Crippen molar-refractivity contribution in [1.82, 2.24) is 19.7 Å². The average molecular weight is 460 g/mol. The van der Waals surface area contributed by atoms with Crippen LogP contribution in [0.3, 0.4) is 0 Å². The molecule has 3 aromatic rings. The van der Waals surface area contributed by atoms with E-state index in [9.17, 15) is 9.59 Å². The molecule has 4 rings (SSSR count). The van der Waals surface area contributed by atoms with Gasteiger partial charge in [0, 0.05) is 23.5 Å². The summed E-state index contributed by atoms with van der Waals surface area (Å²) in [4.78, 5) is 31.8. The average Bonchev–Trinajstić information content (AvgIpc) is 3.42. The predicted octanol–water partition coefficient (Wildman–Crippen LogP) is 3.58. The minimum atomic E-state index is -0.130. The second-order valence-corrected chi connectivity index (χ2v) is 8.40. The standard InChI is InChI=1S/C19H18BrN5O2S/c20-14-3-4-16(25-12-21-11-22-25)15(10-14)23-18(26)13-5-7-24(8-6-13)19(27)17-2-1-9-28-17/h1-4,9-13H,5-8H2,(H,23,26). The van der Waals surface area contributed by atoms with Crippen LogP contribution in [-0.4, -0.2) is 44.6 Å². The van der Waals surface area contributed by atoms with Gasteiger partial charge in [-0.25, -0.2) is 9.67 Å². The Morgan fingerprint density at radius 2 is 2.04 bits per heavy atom. The quantitative estimate of drug-likeness (QED) is 0.646. The number of amides is 2. The Morgan fingerprint density at radius 3 is 2.71 bits per heavy atom. The number of halogens is 1. The van der Waals surface area contributed by atoms with Crippen LogP contribution in [0.4, 0.5) is 5.69 Å². The molecule has 1 saturated heterocycles. The SMILES string of the molecule is O=C(Nc1cc(Br)ccc1-n1cncn1)C1CCN(C(=O)c2cccs2)CC1. The zero-order chi connectivity index (χ0) is 19.5. The molecule has 1 N–H and O–H groups in total. The van der Waals surface area contributed by atoms with Crippen molar-refractivity contribution in [3.8, 4) is 5.69 Å². The topological polar surface area (TPSA) is 80.1 Å². The summed E-state index contributed by atoms with van der Waals surface area (Å²) in [5.74, 6) is -0.119.